The van der Waals surface area contributed by atoms with E-state index in [1.165, 1.54) is 17.1 Å². The van der Waals surface area contributed by atoms with E-state index in [1.807, 2.05) is 72.2 Å². The molecular weight excluding hydrogens is 362 g/mol. The zero-order valence-corrected chi connectivity index (χ0v) is 15.8. The van der Waals surface area contributed by atoms with E-state index in [0.29, 0.717) is 11.0 Å². The van der Waals surface area contributed by atoms with Crippen LogP contribution in [0.5, 0.6) is 0 Å². The molecule has 0 bridgehead atoms. The minimum Gasteiger partial charge on any atom is -0.326 e. The van der Waals surface area contributed by atoms with E-state index in [2.05, 4.69) is 22.5 Å². The molecule has 1 N–H and O–H groups in total. The maximum atomic E-state index is 12.4. The molecule has 6 heteroatoms. The third-order valence-electron chi connectivity index (χ3n) is 4.09. The van der Waals surface area contributed by atoms with E-state index < -0.39 is 0 Å². The van der Waals surface area contributed by atoms with Crippen molar-refractivity contribution in [1.29, 1.82) is 0 Å². The fourth-order valence-corrected chi connectivity index (χ4v) is 5.72. The highest BCUT2D eigenvalue weighted by molar-refractivity contribution is 8.19. The molecule has 26 heavy (non-hydrogen) atoms. The van der Waals surface area contributed by atoms with Gasteiger partial charge in [0.25, 0.3) is 0 Å². The summed E-state index contributed by atoms with van der Waals surface area (Å²) >= 11 is 3.93. The third-order valence-corrected chi connectivity index (χ3v) is 7.19. The zero-order valence-electron chi connectivity index (χ0n) is 14.2. The molecule has 2 aromatic carbocycles. The minimum atomic E-state index is -0.0264. The average Bonchev–Trinajstić information content (AvgIpc) is 3.35. The van der Waals surface area contributed by atoms with E-state index in [9.17, 15) is 4.79 Å². The van der Waals surface area contributed by atoms with E-state index in [4.69, 9.17) is 0 Å². The number of nitrogens with zero attached hydrogens (tertiary/aromatic N) is 2. The van der Waals surface area contributed by atoms with Crippen LogP contribution in [0.1, 0.15) is 15.7 Å². The normalized spacial score (nSPS) is 14.5. The van der Waals surface area contributed by atoms with Crippen LogP contribution in [0.3, 0.4) is 0 Å². The maximum Gasteiger partial charge on any atom is 0.228 e. The van der Waals surface area contributed by atoms with Gasteiger partial charge in [0, 0.05) is 23.4 Å². The minimum absolute atomic E-state index is 0.0264. The van der Waals surface area contributed by atoms with Gasteiger partial charge in [-0.3, -0.25) is 4.79 Å². The lowest BCUT2D eigenvalue weighted by atomic mass is 10.2. The van der Waals surface area contributed by atoms with Crippen molar-refractivity contribution in [3.8, 4) is 5.69 Å². The Bertz CT molecular complexity index is 889. The number of nitrogens with one attached hydrogen (secondary N) is 1. The monoisotopic (exact) mass is 381 g/mol. The SMILES string of the molecule is O=C(Cc1cnn(-c2ccccc2)c1)Nc1cccc(C2SCCS2)c1. The number of hydrogen-bond donors (Lipinski definition) is 1. The fraction of sp³-hybridized carbons (Fsp3) is 0.200. The molecule has 4 nitrogen and oxygen atoms in total. The lowest BCUT2D eigenvalue weighted by molar-refractivity contribution is -0.115. The number of thioether (sulfide) groups is 2. The van der Waals surface area contributed by atoms with Crippen molar-refractivity contribution >= 4 is 35.1 Å². The van der Waals surface area contributed by atoms with Crippen LogP contribution in [0.2, 0.25) is 0 Å². The highest BCUT2D eigenvalue weighted by atomic mass is 32.2. The number of aromatic nitrogens is 2. The number of para-hydroxylation sites is 1. The molecule has 0 aliphatic carbocycles. The number of carbonyl (C=O) groups excluding carboxylic acids is 1. The van der Waals surface area contributed by atoms with Gasteiger partial charge >= 0.3 is 0 Å². The molecule has 1 fully saturated rings. The van der Waals surface area contributed by atoms with E-state index in [1.54, 1.807) is 10.9 Å². The summed E-state index contributed by atoms with van der Waals surface area (Å²) in [5, 5.41) is 7.35. The first kappa shape index (κ1) is 17.2. The number of carbonyl (C=O) groups is 1. The second-order valence-electron chi connectivity index (χ2n) is 6.05. The van der Waals surface area contributed by atoms with E-state index in [-0.39, 0.29) is 5.91 Å². The van der Waals surface area contributed by atoms with Crippen LogP contribution < -0.4 is 5.32 Å². The van der Waals surface area contributed by atoms with E-state index in [0.717, 1.165) is 16.9 Å². The summed E-state index contributed by atoms with van der Waals surface area (Å²) < 4.78 is 2.27. The summed E-state index contributed by atoms with van der Waals surface area (Å²) in [6.07, 6.45) is 3.95. The summed E-state index contributed by atoms with van der Waals surface area (Å²) in [4.78, 5) is 12.4. The van der Waals surface area contributed by atoms with E-state index >= 15 is 0 Å². The van der Waals surface area contributed by atoms with Gasteiger partial charge in [-0.2, -0.15) is 5.10 Å². The standard InChI is InChI=1S/C20H19N3OS2/c24-19(11-15-13-21-23(14-15)18-7-2-1-3-8-18)22-17-6-4-5-16(12-17)20-25-9-10-26-20/h1-8,12-14,20H,9-11H2,(H,22,24). The highest BCUT2D eigenvalue weighted by Gasteiger charge is 2.18. The van der Waals surface area contributed by atoms with Crippen LogP contribution in [0, 0.1) is 0 Å². The second-order valence-corrected chi connectivity index (χ2v) is 8.78. The van der Waals surface area contributed by atoms with Crippen molar-refractivity contribution in [2.75, 3.05) is 16.8 Å². The van der Waals surface area contributed by atoms with Crippen LogP contribution in [-0.2, 0) is 11.2 Å². The molecule has 0 atom stereocenters. The molecule has 1 amide bonds. The smallest absolute Gasteiger partial charge is 0.228 e. The van der Waals surface area contributed by atoms with Gasteiger partial charge in [0.1, 0.15) is 0 Å². The van der Waals surface area contributed by atoms with Crippen LogP contribution >= 0.6 is 23.5 Å². The van der Waals surface area contributed by atoms with Crippen molar-refractivity contribution in [2.45, 2.75) is 11.0 Å². The Labute approximate surface area is 161 Å². The van der Waals surface area contributed by atoms with Gasteiger partial charge in [-0.15, -0.1) is 23.5 Å². The molecule has 1 saturated heterocycles. The van der Waals surface area contributed by atoms with Crippen molar-refractivity contribution in [3.63, 3.8) is 0 Å². The van der Waals surface area contributed by atoms with Crippen LogP contribution in [0.4, 0.5) is 5.69 Å². The predicted octanol–water partition coefficient (Wildman–Crippen LogP) is 4.53. The lowest BCUT2D eigenvalue weighted by Crippen LogP contribution is -2.14. The quantitative estimate of drug-likeness (QED) is 0.705. The van der Waals surface area contributed by atoms with Gasteiger partial charge in [-0.1, -0.05) is 30.3 Å². The summed E-state index contributed by atoms with van der Waals surface area (Å²) in [5.74, 6) is 2.36. The largest absolute Gasteiger partial charge is 0.326 e. The Morgan fingerprint density at radius 2 is 1.92 bits per heavy atom. The second kappa shape index (κ2) is 8.01. The molecule has 132 valence electrons. The molecule has 0 radical (unpaired) electrons. The van der Waals surface area contributed by atoms with Crippen molar-refractivity contribution in [3.05, 3.63) is 78.1 Å². The van der Waals surface area contributed by atoms with Gasteiger partial charge < -0.3 is 5.32 Å². The van der Waals surface area contributed by atoms with Gasteiger partial charge in [0.2, 0.25) is 5.91 Å². The topological polar surface area (TPSA) is 46.9 Å². The predicted molar refractivity (Wildman–Crippen MR) is 110 cm³/mol. The molecular formula is C20H19N3OS2. The van der Waals surface area contributed by atoms with Crippen LogP contribution in [0.15, 0.2) is 67.0 Å². The van der Waals surface area contributed by atoms with Gasteiger partial charge in [0.05, 0.1) is 22.9 Å². The first-order valence-electron chi connectivity index (χ1n) is 8.50. The molecule has 0 unspecified atom stereocenters. The molecule has 1 aliphatic heterocycles. The summed E-state index contributed by atoms with van der Waals surface area (Å²) in [6, 6.07) is 18.1. The first-order chi connectivity index (χ1) is 12.8. The van der Waals surface area contributed by atoms with Gasteiger partial charge in [-0.25, -0.2) is 4.68 Å². The van der Waals surface area contributed by atoms with Crippen molar-refractivity contribution in [1.82, 2.24) is 9.78 Å². The maximum absolute atomic E-state index is 12.4. The summed E-state index contributed by atoms with van der Waals surface area (Å²) in [6.45, 7) is 0. The summed E-state index contributed by atoms with van der Waals surface area (Å²) in [5.41, 5.74) is 4.01. The Balaban J connectivity index is 1.40. The van der Waals surface area contributed by atoms with Crippen molar-refractivity contribution in [2.24, 2.45) is 0 Å². The molecule has 1 aromatic heterocycles. The number of rotatable bonds is 5. The first-order valence-corrected chi connectivity index (χ1v) is 10.6. The number of amides is 1. The Morgan fingerprint density at radius 1 is 1.12 bits per heavy atom. The molecule has 0 saturated carbocycles. The summed E-state index contributed by atoms with van der Waals surface area (Å²) in [7, 11) is 0. The fourth-order valence-electron chi connectivity index (χ4n) is 2.88. The Hall–Kier alpha value is -2.18. The van der Waals surface area contributed by atoms with Gasteiger partial charge in [0.15, 0.2) is 0 Å². The molecule has 3 aromatic rings. The lowest BCUT2D eigenvalue weighted by Gasteiger charge is -2.11. The van der Waals surface area contributed by atoms with Crippen LogP contribution in [0.25, 0.3) is 5.69 Å². The van der Waals surface area contributed by atoms with Crippen LogP contribution in [-0.4, -0.2) is 27.2 Å². The highest BCUT2D eigenvalue weighted by Crippen LogP contribution is 2.45. The molecule has 0 spiro atoms. The Kier molecular flexibility index (Phi) is 5.32. The third kappa shape index (κ3) is 4.14. The van der Waals surface area contributed by atoms with Gasteiger partial charge in [-0.05, 0) is 35.4 Å². The Morgan fingerprint density at radius 3 is 2.73 bits per heavy atom. The zero-order chi connectivity index (χ0) is 17.8. The number of hydrogen-bond acceptors (Lipinski definition) is 4. The molecule has 4 rings (SSSR count). The average molecular weight is 382 g/mol. The molecule has 2 heterocycles. The number of benzene rings is 2. The van der Waals surface area contributed by atoms with Crippen molar-refractivity contribution < 1.29 is 4.79 Å². The number of anilines is 1. The molecule has 1 aliphatic rings.